The van der Waals surface area contributed by atoms with Crippen molar-refractivity contribution in [2.24, 2.45) is 5.14 Å². The summed E-state index contributed by atoms with van der Waals surface area (Å²) < 4.78 is 26.3. The molecule has 1 atom stereocenters. The van der Waals surface area contributed by atoms with Gasteiger partial charge in [-0.1, -0.05) is 6.07 Å². The molecule has 0 aliphatic rings. The van der Waals surface area contributed by atoms with Crippen LogP contribution in [0.15, 0.2) is 59.8 Å². The largest absolute Gasteiger partial charge is 0.481 e. The number of aromatic nitrogens is 3. The highest BCUT2D eigenvalue weighted by Gasteiger charge is 2.14. The van der Waals surface area contributed by atoms with Gasteiger partial charge in [0.2, 0.25) is 11.8 Å². The van der Waals surface area contributed by atoms with E-state index in [4.69, 9.17) is 9.88 Å². The Bertz CT molecular complexity index is 1010. The molecular weight excluding hydrogens is 342 g/mol. The summed E-state index contributed by atoms with van der Waals surface area (Å²) in [4.78, 5) is 12.9. The topological polar surface area (TPSA) is 124 Å². The van der Waals surface area contributed by atoms with Crippen molar-refractivity contribution < 1.29 is 13.2 Å². The van der Waals surface area contributed by atoms with Gasteiger partial charge < -0.3 is 10.1 Å². The average Bonchev–Trinajstić information content (AvgIpc) is 2.61. The maximum Gasteiger partial charge on any atom is 0.370 e. The van der Waals surface area contributed by atoms with Crippen LogP contribution in [0.5, 0.6) is 5.88 Å². The highest BCUT2D eigenvalue weighted by atomic mass is 32.2. The summed E-state index contributed by atoms with van der Waals surface area (Å²) in [6.07, 6.45) is 3.23. The minimum atomic E-state index is -3.53. The predicted octanol–water partition coefficient (Wildman–Crippen LogP) is 2.10. The van der Waals surface area contributed by atoms with Gasteiger partial charge in [0.25, 0.3) is 0 Å². The van der Waals surface area contributed by atoms with E-state index in [0.29, 0.717) is 23.2 Å². The molecule has 128 valence electrons. The smallest absolute Gasteiger partial charge is 0.370 e. The Morgan fingerprint density at radius 3 is 2.76 bits per heavy atom. The highest BCUT2D eigenvalue weighted by molar-refractivity contribution is 7.89. The predicted molar refractivity (Wildman–Crippen MR) is 94.1 cm³/mol. The molecule has 8 nitrogen and oxygen atoms in total. The Balaban J connectivity index is 1.93. The molecule has 0 fully saturated rings. The van der Waals surface area contributed by atoms with Crippen LogP contribution in [0.4, 0.5) is 11.6 Å². The van der Waals surface area contributed by atoms with Gasteiger partial charge in [-0.2, -0.15) is 9.35 Å². The second-order valence-corrected chi connectivity index (χ2v) is 6.66. The first-order valence-corrected chi connectivity index (χ1v) is 8.79. The quantitative estimate of drug-likeness (QED) is 0.673. The number of nitrogens with one attached hydrogen (secondary N) is 1. The van der Waals surface area contributed by atoms with Gasteiger partial charge in [-0.25, -0.2) is 19.2 Å². The first kappa shape index (κ1) is 16.8. The van der Waals surface area contributed by atoms with Crippen LogP contribution in [-0.4, -0.2) is 30.5 Å². The van der Waals surface area contributed by atoms with E-state index in [9.17, 15) is 8.42 Å². The summed E-state index contributed by atoms with van der Waals surface area (Å²) >= 11 is 0. The van der Waals surface area contributed by atoms with Gasteiger partial charge in [0, 0.05) is 18.1 Å². The van der Waals surface area contributed by atoms with E-state index in [0.717, 1.165) is 5.56 Å². The van der Waals surface area contributed by atoms with Crippen molar-refractivity contribution in [2.45, 2.75) is 4.90 Å². The molecule has 1 aromatic carbocycles. The summed E-state index contributed by atoms with van der Waals surface area (Å²) in [5.41, 5.74) is 1.90. The van der Waals surface area contributed by atoms with Gasteiger partial charge in [0.1, 0.15) is 4.90 Å². The zero-order chi connectivity index (χ0) is 17.9. The number of benzene rings is 1. The van der Waals surface area contributed by atoms with Crippen molar-refractivity contribution in [3.8, 4) is 17.1 Å². The van der Waals surface area contributed by atoms with Crippen LogP contribution in [0.2, 0.25) is 0 Å². The van der Waals surface area contributed by atoms with E-state index in [2.05, 4.69) is 20.3 Å². The number of pyridine rings is 1. The number of anilines is 2. The third-order valence-corrected chi connectivity index (χ3v) is 4.25. The number of hydrogen-bond donors (Lipinski definition) is 2. The minimum absolute atomic E-state index is 0.114. The van der Waals surface area contributed by atoms with Crippen molar-refractivity contribution in [3.63, 3.8) is 0 Å². The minimum Gasteiger partial charge on any atom is -0.481 e. The summed E-state index contributed by atoms with van der Waals surface area (Å²) in [6.45, 7) is 0. The summed E-state index contributed by atoms with van der Waals surface area (Å²) in [6, 6.07) is 11.7. The standard InChI is InChI=1S/C16H15N5O3S/c1-24-15-13(6-3-8-18-15)14-7-9-19-16(21-14)20-11-4-2-5-12(10-11)25(17,22)23/h2-10H,1H3,(H2,17,22,23)(H,19,20,21)/p+1. The molecule has 0 radical (unpaired) electrons. The van der Waals surface area contributed by atoms with Crippen LogP contribution >= 0.6 is 0 Å². The first-order valence-electron chi connectivity index (χ1n) is 7.21. The maximum absolute atomic E-state index is 11.6. The Kier molecular flexibility index (Phi) is 4.59. The van der Waals surface area contributed by atoms with E-state index in [1.165, 1.54) is 19.2 Å². The molecule has 0 aliphatic carbocycles. The van der Waals surface area contributed by atoms with E-state index in [-0.39, 0.29) is 4.90 Å². The number of nitrogens with zero attached hydrogens (tertiary/aromatic N) is 3. The van der Waals surface area contributed by atoms with Gasteiger partial charge in [0.15, 0.2) is 0 Å². The molecule has 3 aromatic rings. The lowest BCUT2D eigenvalue weighted by Crippen LogP contribution is -2.12. The fourth-order valence-electron chi connectivity index (χ4n) is 2.20. The maximum atomic E-state index is 11.6. The molecule has 0 spiro atoms. The highest BCUT2D eigenvalue weighted by Crippen LogP contribution is 2.26. The Morgan fingerprint density at radius 1 is 1.16 bits per heavy atom. The van der Waals surface area contributed by atoms with Crippen LogP contribution in [-0.2, 0) is 10.0 Å². The molecule has 1 unspecified atom stereocenters. The molecule has 0 bridgehead atoms. The van der Waals surface area contributed by atoms with Crippen LogP contribution in [0, 0.1) is 0 Å². The van der Waals surface area contributed by atoms with Gasteiger partial charge in [-0.3, -0.25) is 0 Å². The molecular formula is C16H16N5O3S+. The number of nitrogens with two attached hydrogens (primary N) is 1. The molecule has 2 heterocycles. The molecule has 2 aromatic heterocycles. The number of methoxy groups -OCH3 is 1. The molecule has 4 N–H and O–H groups in total. The van der Waals surface area contributed by atoms with Crippen molar-refractivity contribution >= 4 is 21.7 Å². The summed E-state index contributed by atoms with van der Waals surface area (Å²) in [5.74, 6) is 0.777. The monoisotopic (exact) mass is 358 g/mol. The molecule has 0 saturated heterocycles. The lowest BCUT2D eigenvalue weighted by molar-refractivity contribution is 0.399. The van der Waals surface area contributed by atoms with Gasteiger partial charge in [-0.15, -0.1) is 0 Å². The van der Waals surface area contributed by atoms with Crippen LogP contribution < -0.4 is 15.2 Å². The van der Waals surface area contributed by atoms with E-state index >= 15 is 0 Å². The average molecular weight is 358 g/mol. The molecule has 0 saturated carbocycles. The van der Waals surface area contributed by atoms with Crippen molar-refractivity contribution in [1.82, 2.24) is 15.0 Å². The van der Waals surface area contributed by atoms with Crippen molar-refractivity contribution in [2.75, 3.05) is 12.4 Å². The van der Waals surface area contributed by atoms with Crippen LogP contribution in [0.1, 0.15) is 0 Å². The number of hydrogen-bond acceptors (Lipinski definition) is 6. The molecule has 9 heteroatoms. The number of ether oxygens (including phenoxy) is 1. The lowest BCUT2D eigenvalue weighted by atomic mass is 10.2. The second-order valence-electron chi connectivity index (χ2n) is 5.05. The van der Waals surface area contributed by atoms with Gasteiger partial charge in [-0.05, 0) is 36.4 Å². The fraction of sp³-hybridized carbons (Fsp3) is 0.0625. The zero-order valence-electron chi connectivity index (χ0n) is 13.3. The molecule has 3 rings (SSSR count). The zero-order valence-corrected chi connectivity index (χ0v) is 14.1. The van der Waals surface area contributed by atoms with E-state index < -0.39 is 10.0 Å². The van der Waals surface area contributed by atoms with Crippen LogP contribution in [0.25, 0.3) is 11.3 Å². The summed E-state index contributed by atoms with van der Waals surface area (Å²) in [7, 11) is -1.99. The van der Waals surface area contributed by atoms with E-state index in [1.54, 1.807) is 36.7 Å². The Hall–Kier alpha value is -3.04. The van der Waals surface area contributed by atoms with E-state index in [1.807, 2.05) is 6.07 Å². The van der Waals surface area contributed by atoms with Crippen molar-refractivity contribution in [3.05, 3.63) is 54.9 Å². The van der Waals surface area contributed by atoms with Gasteiger partial charge in [0.05, 0.1) is 18.4 Å². The Morgan fingerprint density at radius 2 is 2.00 bits per heavy atom. The SMILES string of the molecule is COc1ncccc1-c1ccnc(Nc2cccc(S(N)(=O)=[OH+])c2)n1. The number of rotatable bonds is 5. The molecule has 0 aliphatic heterocycles. The fourth-order valence-corrected chi connectivity index (χ4v) is 2.77. The van der Waals surface area contributed by atoms with Gasteiger partial charge >= 0.3 is 10.0 Å². The summed E-state index contributed by atoms with van der Waals surface area (Å²) in [5, 5.41) is 8.24. The normalized spacial score (nSPS) is 13.0. The Labute approximate surface area is 144 Å². The third-order valence-electron chi connectivity index (χ3n) is 3.32. The first-order chi connectivity index (χ1) is 12.0. The second kappa shape index (κ2) is 6.83. The molecule has 25 heavy (non-hydrogen) atoms. The molecule has 0 amide bonds. The van der Waals surface area contributed by atoms with Crippen molar-refractivity contribution in [1.29, 1.82) is 0 Å². The third kappa shape index (κ3) is 3.90. The lowest BCUT2D eigenvalue weighted by Gasteiger charge is -2.09. The van der Waals surface area contributed by atoms with Crippen LogP contribution in [0.3, 0.4) is 0 Å².